The predicted octanol–water partition coefficient (Wildman–Crippen LogP) is 2.74. The third kappa shape index (κ3) is 3.61. The Kier molecular flexibility index (Phi) is 5.60. The summed E-state index contributed by atoms with van der Waals surface area (Å²) in [7, 11) is 0.948. The molecule has 0 spiro atoms. The van der Waals surface area contributed by atoms with Gasteiger partial charge in [0.2, 0.25) is 0 Å². The maximum atomic E-state index is 2.15. The van der Waals surface area contributed by atoms with E-state index in [4.69, 9.17) is 0 Å². The second kappa shape index (κ2) is 5.78. The summed E-state index contributed by atoms with van der Waals surface area (Å²) in [5.41, 5.74) is 0. The lowest BCUT2D eigenvalue weighted by atomic mass is 10.7. The quantitative estimate of drug-likeness (QED) is 0.486. The van der Waals surface area contributed by atoms with Crippen molar-refractivity contribution in [2.45, 2.75) is 13.8 Å². The third-order valence-electron chi connectivity index (χ3n) is 0.496. The van der Waals surface area contributed by atoms with Gasteiger partial charge in [0.25, 0.3) is 0 Å². The normalized spacial score (nSPS) is 6.57. The molecule has 0 bridgehead atoms. The van der Waals surface area contributed by atoms with Gasteiger partial charge in [-0.3, -0.25) is 0 Å². The zero-order valence-electron chi connectivity index (χ0n) is 4.81. The van der Waals surface area contributed by atoms with Crippen LogP contribution in [0.15, 0.2) is 23.7 Å². The van der Waals surface area contributed by atoms with Crippen LogP contribution in [0.25, 0.3) is 0 Å². The molecule has 0 radical (unpaired) electrons. The predicted molar refractivity (Wildman–Crippen MR) is 37.3 cm³/mol. The zero-order chi connectivity index (χ0) is 5.54. The molecule has 1 rings (SSSR count). The molecule has 0 aliphatic rings. The first-order valence-electron chi connectivity index (χ1n) is 2.58. The molecule has 0 atom stereocenters. The molecule has 1 aromatic heterocycles. The van der Waals surface area contributed by atoms with Crippen molar-refractivity contribution in [2.75, 3.05) is 0 Å². The average Bonchev–Trinajstić information content (AvgIpc) is 2.23. The fourth-order valence-corrected chi connectivity index (χ4v) is 0.833. The van der Waals surface area contributed by atoms with Crippen molar-refractivity contribution < 1.29 is 0 Å². The first-order valence-corrected chi connectivity index (χ1v) is 3.73. The van der Waals surface area contributed by atoms with Gasteiger partial charge in [-0.25, -0.2) is 0 Å². The van der Waals surface area contributed by atoms with Crippen molar-refractivity contribution in [2.24, 2.45) is 0 Å². The fraction of sp³-hybridized carbons (Fsp3) is 0.333. The van der Waals surface area contributed by atoms with Gasteiger partial charge in [0, 0.05) is 0 Å². The van der Waals surface area contributed by atoms with Crippen LogP contribution in [-0.4, -0.2) is 0 Å². The monoisotopic (exact) mass is 114 g/mol. The van der Waals surface area contributed by atoms with E-state index in [1.807, 2.05) is 13.8 Å². The maximum Gasteiger partial charge on any atom is -0.0454 e. The second-order valence-corrected chi connectivity index (χ2v) is 1.88. The van der Waals surface area contributed by atoms with Crippen molar-refractivity contribution in [1.82, 2.24) is 0 Å². The van der Waals surface area contributed by atoms with Gasteiger partial charge in [-0.1, -0.05) is 26.0 Å². The molecule has 40 valence electrons. The van der Waals surface area contributed by atoms with E-state index in [1.54, 1.807) is 0 Å². The van der Waals surface area contributed by atoms with Crippen molar-refractivity contribution in [3.05, 3.63) is 23.7 Å². The smallest absolute Gasteiger partial charge is 0.0454 e. The van der Waals surface area contributed by atoms with E-state index in [1.165, 1.54) is 0 Å². The fourth-order valence-electron chi connectivity index (χ4n) is 0.278. The first-order chi connectivity index (χ1) is 3.50. The maximum absolute atomic E-state index is 2.15. The van der Waals surface area contributed by atoms with E-state index in [2.05, 4.69) is 23.7 Å². The lowest BCUT2D eigenvalue weighted by Gasteiger charge is -1.41. The van der Waals surface area contributed by atoms with Crippen LogP contribution in [0, 0.1) is 0 Å². The molecule has 1 aromatic rings. The summed E-state index contributed by atoms with van der Waals surface area (Å²) in [6.45, 7) is 4.00. The largest absolute Gasteiger partial charge is 0.140 e. The Morgan fingerprint density at radius 3 is 1.57 bits per heavy atom. The minimum absolute atomic E-state index is 0.948. The molecule has 0 aromatic carbocycles. The van der Waals surface area contributed by atoms with Gasteiger partial charge in [0.15, 0.2) is 0 Å². The van der Waals surface area contributed by atoms with Gasteiger partial charge < -0.3 is 0 Å². The standard InChI is InChI=1S/C4H5P.C2H6/c1-2-4-5-3-1;1-2/h1-5H;1-2H3. The van der Waals surface area contributed by atoms with Crippen LogP contribution in [0.3, 0.4) is 0 Å². The third-order valence-corrected chi connectivity index (χ3v) is 1.27. The molecular weight excluding hydrogens is 103 g/mol. The van der Waals surface area contributed by atoms with Crippen LogP contribution < -0.4 is 0 Å². The minimum atomic E-state index is 0.948. The van der Waals surface area contributed by atoms with Crippen LogP contribution in [-0.2, 0) is 0 Å². The summed E-state index contributed by atoms with van der Waals surface area (Å²) in [5, 5.41) is 0. The summed E-state index contributed by atoms with van der Waals surface area (Å²) in [6, 6.07) is 4.14. The molecule has 0 fully saturated rings. The zero-order valence-corrected chi connectivity index (χ0v) is 5.81. The molecule has 0 unspecified atom stereocenters. The van der Waals surface area contributed by atoms with E-state index < -0.39 is 0 Å². The summed E-state index contributed by atoms with van der Waals surface area (Å²) in [6.07, 6.45) is 0. The second-order valence-electron chi connectivity index (χ2n) is 0.885. The van der Waals surface area contributed by atoms with Gasteiger partial charge in [-0.15, -0.1) is 8.19 Å². The van der Waals surface area contributed by atoms with Gasteiger partial charge in [-0.2, -0.15) is 0 Å². The van der Waals surface area contributed by atoms with Crippen LogP contribution in [0.4, 0.5) is 0 Å². The molecular formula is C6H11P. The summed E-state index contributed by atoms with van der Waals surface area (Å²) >= 11 is 0. The molecule has 1 heterocycles. The Morgan fingerprint density at radius 1 is 1.00 bits per heavy atom. The van der Waals surface area contributed by atoms with Gasteiger partial charge >= 0.3 is 0 Å². The van der Waals surface area contributed by atoms with Crippen LogP contribution in [0.5, 0.6) is 0 Å². The molecule has 7 heavy (non-hydrogen) atoms. The Hall–Kier alpha value is -0.220. The number of rotatable bonds is 0. The molecule has 0 aliphatic heterocycles. The highest BCUT2D eigenvalue weighted by atomic mass is 31.0. The molecule has 0 amide bonds. The minimum Gasteiger partial charge on any atom is -0.140 e. The lowest BCUT2D eigenvalue weighted by molar-refractivity contribution is 1.50. The SMILES string of the molecule is CC.c1cc[pH]c1. The highest BCUT2D eigenvalue weighted by molar-refractivity contribution is 7.28. The molecule has 0 nitrogen and oxygen atoms in total. The highest BCUT2D eigenvalue weighted by Gasteiger charge is 1.57. The Labute approximate surface area is 46.7 Å². The van der Waals surface area contributed by atoms with Gasteiger partial charge in [-0.05, 0) is 11.6 Å². The Balaban J connectivity index is 0.000000162. The lowest BCUT2D eigenvalue weighted by Crippen LogP contribution is -1.16. The Morgan fingerprint density at radius 2 is 1.43 bits per heavy atom. The van der Waals surface area contributed by atoms with E-state index in [9.17, 15) is 0 Å². The average molecular weight is 114 g/mol. The molecule has 0 saturated carbocycles. The van der Waals surface area contributed by atoms with E-state index >= 15 is 0 Å². The van der Waals surface area contributed by atoms with E-state index in [0.29, 0.717) is 0 Å². The highest BCUT2D eigenvalue weighted by Crippen LogP contribution is 1.99. The molecule has 0 saturated heterocycles. The van der Waals surface area contributed by atoms with Crippen LogP contribution in [0.1, 0.15) is 13.8 Å². The van der Waals surface area contributed by atoms with Gasteiger partial charge in [0.05, 0.1) is 0 Å². The summed E-state index contributed by atoms with van der Waals surface area (Å²) in [4.78, 5) is 0. The molecule has 0 N–H and O–H groups in total. The van der Waals surface area contributed by atoms with Gasteiger partial charge in [0.1, 0.15) is 0 Å². The topological polar surface area (TPSA) is 0 Å². The first kappa shape index (κ1) is 6.78. The molecule has 0 aliphatic carbocycles. The van der Waals surface area contributed by atoms with Crippen molar-refractivity contribution in [3.8, 4) is 0 Å². The van der Waals surface area contributed by atoms with E-state index in [-0.39, 0.29) is 0 Å². The van der Waals surface area contributed by atoms with Crippen molar-refractivity contribution >= 4 is 8.19 Å². The van der Waals surface area contributed by atoms with E-state index in [0.717, 1.165) is 8.19 Å². The van der Waals surface area contributed by atoms with Crippen LogP contribution in [0.2, 0.25) is 0 Å². The summed E-state index contributed by atoms with van der Waals surface area (Å²) in [5.74, 6) is 4.31. The van der Waals surface area contributed by atoms with Crippen molar-refractivity contribution in [1.29, 1.82) is 0 Å². The number of hydrogen-bond acceptors (Lipinski definition) is 0. The molecule has 1 heteroatoms. The van der Waals surface area contributed by atoms with Crippen LogP contribution >= 0.6 is 8.19 Å². The van der Waals surface area contributed by atoms with Crippen molar-refractivity contribution in [3.63, 3.8) is 0 Å². The number of hydrogen-bond donors (Lipinski definition) is 0. The summed E-state index contributed by atoms with van der Waals surface area (Å²) < 4.78 is 0. The Bertz CT molecular complexity index is 60.7.